The number of hydrogen-bond acceptors (Lipinski definition) is 3. The van der Waals surface area contributed by atoms with E-state index in [1.165, 1.54) is 0 Å². The van der Waals surface area contributed by atoms with Crippen LogP contribution < -0.4 is 10.2 Å². The van der Waals surface area contributed by atoms with Gasteiger partial charge in [-0.3, -0.25) is 9.83 Å². The van der Waals surface area contributed by atoms with Crippen molar-refractivity contribution in [1.82, 2.24) is 5.48 Å². The average molecular weight is 396 g/mol. The molecule has 0 aromatic heterocycles. The van der Waals surface area contributed by atoms with Crippen LogP contribution in [0, 0.1) is 17.6 Å². The number of benzene rings is 2. The molecule has 28 heavy (non-hydrogen) atoms. The Bertz CT molecular complexity index is 811. The van der Waals surface area contributed by atoms with Gasteiger partial charge in [-0.15, -0.1) is 0 Å². The van der Waals surface area contributed by atoms with Crippen molar-refractivity contribution in [3.63, 3.8) is 0 Å². The third-order valence-electron chi connectivity index (χ3n) is 4.21. The van der Waals surface area contributed by atoms with E-state index in [-0.39, 0.29) is 12.4 Å². The molecule has 4 nitrogen and oxygen atoms in total. The van der Waals surface area contributed by atoms with E-state index in [0.717, 1.165) is 30.5 Å². The highest BCUT2D eigenvalue weighted by Crippen LogP contribution is 2.29. The summed E-state index contributed by atoms with van der Waals surface area (Å²) in [6.45, 7) is -2.62. The standard InChI is InChI=1S/C20H20F4N2O2/c21-15-8-9-16(28-20(23)24)17(18(15)22)19(26-27-12-14-6-7-14)25-11-10-13-4-2-1-3-5-13/h1-5,8-9,14,20H,6-7,10-12H2,(H,25,26). The molecular formula is C20H20F4N2O2. The predicted octanol–water partition coefficient (Wildman–Crippen LogP) is 4.49. The quantitative estimate of drug-likeness (QED) is 0.294. The maximum Gasteiger partial charge on any atom is 0.387 e. The molecule has 0 radical (unpaired) electrons. The fraction of sp³-hybridized carbons (Fsp3) is 0.350. The molecule has 0 heterocycles. The monoisotopic (exact) mass is 396 g/mol. The molecule has 1 aliphatic rings. The smallest absolute Gasteiger partial charge is 0.387 e. The minimum absolute atomic E-state index is 0.191. The Kier molecular flexibility index (Phi) is 6.86. The van der Waals surface area contributed by atoms with Crippen molar-refractivity contribution >= 4 is 5.84 Å². The van der Waals surface area contributed by atoms with Crippen molar-refractivity contribution in [2.75, 3.05) is 13.2 Å². The normalized spacial score (nSPS) is 14.4. The van der Waals surface area contributed by atoms with Crippen molar-refractivity contribution in [2.24, 2.45) is 10.9 Å². The molecule has 1 aliphatic carbocycles. The maximum absolute atomic E-state index is 14.4. The lowest BCUT2D eigenvalue weighted by atomic mass is 10.1. The molecule has 1 fully saturated rings. The number of hydroxylamine groups is 1. The highest BCUT2D eigenvalue weighted by atomic mass is 19.3. The lowest BCUT2D eigenvalue weighted by Crippen LogP contribution is -2.28. The van der Waals surface area contributed by atoms with E-state index in [0.29, 0.717) is 18.9 Å². The number of nitrogens with one attached hydrogen (secondary N) is 1. The molecule has 0 aliphatic heterocycles. The zero-order valence-corrected chi connectivity index (χ0v) is 15.0. The lowest BCUT2D eigenvalue weighted by molar-refractivity contribution is -0.0503. The second kappa shape index (κ2) is 9.54. The van der Waals surface area contributed by atoms with E-state index in [2.05, 4.69) is 15.2 Å². The summed E-state index contributed by atoms with van der Waals surface area (Å²) in [6.07, 6.45) is 2.57. The van der Waals surface area contributed by atoms with Gasteiger partial charge in [-0.25, -0.2) is 14.3 Å². The summed E-state index contributed by atoms with van der Waals surface area (Å²) in [6, 6.07) is 11.1. The Morgan fingerprint density at radius 3 is 2.54 bits per heavy atom. The van der Waals surface area contributed by atoms with Crippen molar-refractivity contribution in [2.45, 2.75) is 25.9 Å². The number of aliphatic imine (C=N–C) groups is 1. The fourth-order valence-electron chi connectivity index (χ4n) is 2.56. The highest BCUT2D eigenvalue weighted by Gasteiger charge is 2.24. The van der Waals surface area contributed by atoms with Gasteiger partial charge < -0.3 is 4.74 Å². The summed E-state index contributed by atoms with van der Waals surface area (Å²) in [5.74, 6) is -2.85. The van der Waals surface area contributed by atoms with Crippen molar-refractivity contribution in [3.05, 3.63) is 65.2 Å². The lowest BCUT2D eigenvalue weighted by Gasteiger charge is -2.16. The molecule has 0 atom stereocenters. The summed E-state index contributed by atoms with van der Waals surface area (Å²) < 4.78 is 58.0. The van der Waals surface area contributed by atoms with Gasteiger partial charge in [0.05, 0.1) is 12.2 Å². The van der Waals surface area contributed by atoms with E-state index in [4.69, 9.17) is 4.84 Å². The van der Waals surface area contributed by atoms with Gasteiger partial charge in [-0.2, -0.15) is 8.78 Å². The van der Waals surface area contributed by atoms with Gasteiger partial charge in [-0.1, -0.05) is 30.3 Å². The van der Waals surface area contributed by atoms with Crippen LogP contribution in [-0.4, -0.2) is 25.6 Å². The van der Waals surface area contributed by atoms with Crippen molar-refractivity contribution in [1.29, 1.82) is 0 Å². The van der Waals surface area contributed by atoms with Gasteiger partial charge in [0.2, 0.25) is 0 Å². The average Bonchev–Trinajstić information content (AvgIpc) is 3.49. The predicted molar refractivity (Wildman–Crippen MR) is 96.4 cm³/mol. The number of rotatable bonds is 9. The first kappa shape index (κ1) is 20.1. The SMILES string of the molecule is Fc1ccc(OC(F)F)c(C(=NCCc2ccccc2)NOCC2CC2)c1F. The molecule has 150 valence electrons. The van der Waals surface area contributed by atoms with Crippen LogP contribution >= 0.6 is 0 Å². The second-order valence-corrected chi connectivity index (χ2v) is 6.44. The molecule has 0 amide bonds. The highest BCUT2D eigenvalue weighted by molar-refractivity contribution is 6.00. The number of amidine groups is 1. The van der Waals surface area contributed by atoms with E-state index in [9.17, 15) is 17.6 Å². The third kappa shape index (κ3) is 5.69. The summed E-state index contributed by atoms with van der Waals surface area (Å²) in [5, 5.41) is 0. The Hall–Kier alpha value is -2.61. The van der Waals surface area contributed by atoms with Gasteiger partial charge >= 0.3 is 6.61 Å². The van der Waals surface area contributed by atoms with Crippen LogP contribution in [0.1, 0.15) is 24.0 Å². The molecule has 3 rings (SSSR count). The molecular weight excluding hydrogens is 376 g/mol. The molecule has 2 aromatic carbocycles. The van der Waals surface area contributed by atoms with Crippen molar-refractivity contribution < 1.29 is 27.1 Å². The van der Waals surface area contributed by atoms with Gasteiger partial charge in [0, 0.05) is 6.54 Å². The van der Waals surface area contributed by atoms with Crippen LogP contribution in [0.4, 0.5) is 17.6 Å². The van der Waals surface area contributed by atoms with E-state index in [1.807, 2.05) is 30.3 Å². The largest absolute Gasteiger partial charge is 0.434 e. The van der Waals surface area contributed by atoms with E-state index >= 15 is 0 Å². The molecule has 8 heteroatoms. The fourth-order valence-corrected chi connectivity index (χ4v) is 2.56. The minimum atomic E-state index is -3.19. The van der Waals surface area contributed by atoms with E-state index in [1.54, 1.807) is 0 Å². The first-order valence-electron chi connectivity index (χ1n) is 8.94. The van der Waals surface area contributed by atoms with Gasteiger partial charge in [0.25, 0.3) is 0 Å². The number of alkyl halides is 2. The first-order valence-corrected chi connectivity index (χ1v) is 8.94. The Balaban J connectivity index is 1.84. The van der Waals surface area contributed by atoms with Crippen molar-refractivity contribution in [3.8, 4) is 5.75 Å². The van der Waals surface area contributed by atoms with Gasteiger partial charge in [-0.05, 0) is 42.9 Å². The molecule has 1 saturated carbocycles. The maximum atomic E-state index is 14.4. The number of halogens is 4. The van der Waals surface area contributed by atoms with Crippen LogP contribution in [0.15, 0.2) is 47.5 Å². The summed E-state index contributed by atoms with van der Waals surface area (Å²) in [7, 11) is 0. The van der Waals surface area contributed by atoms with Gasteiger partial charge in [0.1, 0.15) is 5.75 Å². The molecule has 0 saturated heterocycles. The summed E-state index contributed by atoms with van der Waals surface area (Å²) >= 11 is 0. The van der Waals surface area contributed by atoms with Crippen LogP contribution in [0.25, 0.3) is 0 Å². The molecule has 0 unspecified atom stereocenters. The Morgan fingerprint density at radius 1 is 1.11 bits per heavy atom. The van der Waals surface area contributed by atoms with Crippen LogP contribution in [-0.2, 0) is 11.3 Å². The van der Waals surface area contributed by atoms with Crippen LogP contribution in [0.5, 0.6) is 5.75 Å². The first-order chi connectivity index (χ1) is 13.5. The molecule has 2 aromatic rings. The second-order valence-electron chi connectivity index (χ2n) is 6.44. The van der Waals surface area contributed by atoms with Crippen LogP contribution in [0.3, 0.4) is 0 Å². The van der Waals surface area contributed by atoms with E-state index < -0.39 is 29.6 Å². The molecule has 0 spiro atoms. The number of hydrogen-bond donors (Lipinski definition) is 1. The summed E-state index contributed by atoms with van der Waals surface area (Å²) in [4.78, 5) is 9.54. The Morgan fingerprint density at radius 2 is 1.86 bits per heavy atom. The number of ether oxygens (including phenoxy) is 1. The third-order valence-corrected chi connectivity index (χ3v) is 4.21. The summed E-state index contributed by atoms with van der Waals surface area (Å²) in [5.41, 5.74) is 2.96. The number of nitrogens with zero attached hydrogens (tertiary/aromatic N) is 1. The zero-order chi connectivity index (χ0) is 19.9. The Labute approximate surface area is 160 Å². The zero-order valence-electron chi connectivity index (χ0n) is 15.0. The van der Waals surface area contributed by atoms with Crippen LogP contribution in [0.2, 0.25) is 0 Å². The van der Waals surface area contributed by atoms with Gasteiger partial charge in [0.15, 0.2) is 17.5 Å². The molecule has 1 N–H and O–H groups in total. The minimum Gasteiger partial charge on any atom is -0.434 e. The topological polar surface area (TPSA) is 42.8 Å². The molecule has 0 bridgehead atoms.